The Balaban J connectivity index is 1.59. The number of likely N-dealkylation sites (tertiary alicyclic amines) is 1. The van der Waals surface area contributed by atoms with Crippen LogP contribution in [-0.2, 0) is 24.4 Å². The van der Waals surface area contributed by atoms with Crippen molar-refractivity contribution in [2.24, 2.45) is 0 Å². The number of rotatable bonds is 8. The number of aromatic nitrogens is 2. The molecule has 152 valence electrons. The highest BCUT2D eigenvalue weighted by Crippen LogP contribution is 2.24. The molecule has 2 aromatic rings. The fraction of sp³-hybridized carbons (Fsp3) is 0.545. The summed E-state index contributed by atoms with van der Waals surface area (Å²) in [5, 5.41) is 14.2. The van der Waals surface area contributed by atoms with Crippen LogP contribution in [0.25, 0.3) is 0 Å². The Kier molecular flexibility index (Phi) is 6.52. The van der Waals surface area contributed by atoms with Crippen LogP contribution in [0.2, 0.25) is 0 Å². The van der Waals surface area contributed by atoms with Crippen LogP contribution in [0.15, 0.2) is 36.7 Å². The van der Waals surface area contributed by atoms with Crippen molar-refractivity contribution in [3.63, 3.8) is 0 Å². The van der Waals surface area contributed by atoms with E-state index in [-0.39, 0.29) is 12.5 Å². The highest BCUT2D eigenvalue weighted by molar-refractivity contribution is 5.86. The van der Waals surface area contributed by atoms with Gasteiger partial charge in [0.1, 0.15) is 5.82 Å². The maximum atomic E-state index is 13.0. The van der Waals surface area contributed by atoms with Gasteiger partial charge in [-0.1, -0.05) is 38.1 Å². The Bertz CT molecular complexity index is 784. The second kappa shape index (κ2) is 8.88. The van der Waals surface area contributed by atoms with E-state index in [1.165, 1.54) is 5.56 Å². The lowest BCUT2D eigenvalue weighted by atomic mass is 9.91. The summed E-state index contributed by atoms with van der Waals surface area (Å²) in [6.45, 7) is 9.26. The van der Waals surface area contributed by atoms with Gasteiger partial charge in [-0.3, -0.25) is 4.79 Å². The van der Waals surface area contributed by atoms with Crippen LogP contribution in [0, 0.1) is 0 Å². The molecule has 0 bridgehead atoms. The summed E-state index contributed by atoms with van der Waals surface area (Å²) >= 11 is 0. The molecule has 1 saturated heterocycles. The number of hydrogen-bond acceptors (Lipinski definition) is 4. The Labute approximate surface area is 167 Å². The number of nitrogens with zero attached hydrogens (tertiary/aromatic N) is 3. The van der Waals surface area contributed by atoms with Crippen molar-refractivity contribution in [1.29, 1.82) is 0 Å². The monoisotopic (exact) mass is 384 g/mol. The average molecular weight is 385 g/mol. The molecule has 1 amide bonds. The lowest BCUT2D eigenvalue weighted by Gasteiger charge is -2.38. The minimum Gasteiger partial charge on any atom is -0.379 e. The summed E-state index contributed by atoms with van der Waals surface area (Å²) in [7, 11) is 0. The number of nitrogens with one attached hydrogen (secondary N) is 1. The summed E-state index contributed by atoms with van der Waals surface area (Å²) in [4.78, 5) is 19.1. The van der Waals surface area contributed by atoms with E-state index < -0.39 is 5.60 Å². The van der Waals surface area contributed by atoms with Crippen molar-refractivity contribution < 1.29 is 9.90 Å². The van der Waals surface area contributed by atoms with Crippen LogP contribution in [0.5, 0.6) is 0 Å². The zero-order valence-electron chi connectivity index (χ0n) is 17.2. The van der Waals surface area contributed by atoms with Gasteiger partial charge in [0.15, 0.2) is 5.60 Å². The van der Waals surface area contributed by atoms with Crippen LogP contribution in [0.3, 0.4) is 0 Å². The van der Waals surface area contributed by atoms with E-state index >= 15 is 0 Å². The van der Waals surface area contributed by atoms with Gasteiger partial charge in [0.2, 0.25) is 0 Å². The zero-order chi connectivity index (χ0) is 20.1. The molecule has 2 heterocycles. The number of aryl methyl sites for hydroxylation is 1. The molecule has 0 radical (unpaired) electrons. The standard InChI is InChI=1S/C22H32N4O2/c1-4-25-13-11-24-20(25)14-23-16-22(28)10-5-12-26(21(22)27)15-18-6-8-19(9-7-18)17(2)3/h6-9,11,13,17,23,28H,4-5,10,12,14-16H2,1-3H3/t22-/m1/s1. The Morgan fingerprint density at radius 1 is 1.29 bits per heavy atom. The molecule has 1 atom stereocenters. The number of imidazole rings is 1. The van der Waals surface area contributed by atoms with Gasteiger partial charge in [-0.25, -0.2) is 4.98 Å². The lowest BCUT2D eigenvalue weighted by Crippen LogP contribution is -2.57. The van der Waals surface area contributed by atoms with Gasteiger partial charge in [0, 0.05) is 38.6 Å². The molecule has 1 fully saturated rings. The van der Waals surface area contributed by atoms with Crippen LogP contribution < -0.4 is 5.32 Å². The van der Waals surface area contributed by atoms with E-state index in [0.29, 0.717) is 32.0 Å². The molecule has 28 heavy (non-hydrogen) atoms. The van der Waals surface area contributed by atoms with Gasteiger partial charge in [0.05, 0.1) is 6.54 Å². The fourth-order valence-corrected chi connectivity index (χ4v) is 3.78. The smallest absolute Gasteiger partial charge is 0.256 e. The summed E-state index contributed by atoms with van der Waals surface area (Å²) in [6.07, 6.45) is 5.00. The topological polar surface area (TPSA) is 70.4 Å². The predicted molar refractivity (Wildman–Crippen MR) is 110 cm³/mol. The molecule has 1 aromatic carbocycles. The average Bonchev–Trinajstić information content (AvgIpc) is 3.13. The number of carbonyl (C=O) groups is 1. The summed E-state index contributed by atoms with van der Waals surface area (Å²) in [6, 6.07) is 8.41. The van der Waals surface area contributed by atoms with E-state index in [1.54, 1.807) is 11.1 Å². The second-order valence-electron chi connectivity index (χ2n) is 7.99. The van der Waals surface area contributed by atoms with Crippen molar-refractivity contribution >= 4 is 5.91 Å². The molecule has 0 saturated carbocycles. The molecule has 0 unspecified atom stereocenters. The molecule has 3 rings (SSSR count). The maximum absolute atomic E-state index is 13.0. The normalized spacial score (nSPS) is 20.2. The van der Waals surface area contributed by atoms with Crippen LogP contribution in [0.4, 0.5) is 0 Å². The first-order chi connectivity index (χ1) is 13.4. The van der Waals surface area contributed by atoms with Gasteiger partial charge in [0.25, 0.3) is 5.91 Å². The predicted octanol–water partition coefficient (Wildman–Crippen LogP) is 2.67. The molecule has 2 N–H and O–H groups in total. The van der Waals surface area contributed by atoms with Crippen LogP contribution in [0.1, 0.15) is 56.5 Å². The Morgan fingerprint density at radius 2 is 2.04 bits per heavy atom. The molecule has 0 spiro atoms. The molecule has 1 aliphatic heterocycles. The number of amides is 1. The number of hydrogen-bond donors (Lipinski definition) is 2. The molecule has 1 aromatic heterocycles. The van der Waals surface area contributed by atoms with Gasteiger partial charge in [-0.2, -0.15) is 0 Å². The van der Waals surface area contributed by atoms with Crippen molar-refractivity contribution in [3.8, 4) is 0 Å². The highest BCUT2D eigenvalue weighted by atomic mass is 16.3. The number of piperidine rings is 1. The molecule has 6 heteroatoms. The quantitative estimate of drug-likeness (QED) is 0.734. The highest BCUT2D eigenvalue weighted by Gasteiger charge is 2.41. The lowest BCUT2D eigenvalue weighted by molar-refractivity contribution is -0.157. The van der Waals surface area contributed by atoms with E-state index in [0.717, 1.165) is 24.4 Å². The van der Waals surface area contributed by atoms with Crippen molar-refractivity contribution in [2.45, 2.75) is 64.8 Å². The van der Waals surface area contributed by atoms with Gasteiger partial charge in [-0.05, 0) is 36.8 Å². The fourth-order valence-electron chi connectivity index (χ4n) is 3.78. The third-order valence-electron chi connectivity index (χ3n) is 5.57. The van der Waals surface area contributed by atoms with Crippen LogP contribution in [-0.4, -0.2) is 44.2 Å². The first-order valence-electron chi connectivity index (χ1n) is 10.2. The number of benzene rings is 1. The van der Waals surface area contributed by atoms with E-state index in [4.69, 9.17) is 0 Å². The molecule has 0 aliphatic carbocycles. The molecular weight excluding hydrogens is 352 g/mol. The number of carbonyl (C=O) groups excluding carboxylic acids is 1. The molecule has 6 nitrogen and oxygen atoms in total. The number of aliphatic hydroxyl groups is 1. The van der Waals surface area contributed by atoms with Gasteiger partial charge in [-0.15, -0.1) is 0 Å². The summed E-state index contributed by atoms with van der Waals surface area (Å²) in [5.41, 5.74) is 1.04. The van der Waals surface area contributed by atoms with Crippen LogP contribution >= 0.6 is 0 Å². The maximum Gasteiger partial charge on any atom is 0.256 e. The van der Waals surface area contributed by atoms with Crippen molar-refractivity contribution in [3.05, 3.63) is 53.6 Å². The first-order valence-corrected chi connectivity index (χ1v) is 10.2. The SMILES string of the molecule is CCn1ccnc1CNC[C@]1(O)CCCN(Cc2ccc(C(C)C)cc2)C1=O. The van der Waals surface area contributed by atoms with Crippen molar-refractivity contribution in [1.82, 2.24) is 19.8 Å². The minimum atomic E-state index is -1.35. The Hall–Kier alpha value is -2.18. The Morgan fingerprint density at radius 3 is 2.71 bits per heavy atom. The van der Waals surface area contributed by atoms with E-state index in [2.05, 4.69) is 55.3 Å². The molecule has 1 aliphatic rings. The molecular formula is C22H32N4O2. The third-order valence-corrected chi connectivity index (χ3v) is 5.57. The zero-order valence-corrected chi connectivity index (χ0v) is 17.2. The summed E-state index contributed by atoms with van der Waals surface area (Å²) in [5.74, 6) is 1.22. The minimum absolute atomic E-state index is 0.182. The third kappa shape index (κ3) is 4.62. The summed E-state index contributed by atoms with van der Waals surface area (Å²) < 4.78 is 2.05. The van der Waals surface area contributed by atoms with Gasteiger partial charge < -0.3 is 19.9 Å². The van der Waals surface area contributed by atoms with E-state index in [9.17, 15) is 9.90 Å². The van der Waals surface area contributed by atoms with Gasteiger partial charge >= 0.3 is 0 Å². The second-order valence-corrected chi connectivity index (χ2v) is 7.99. The van der Waals surface area contributed by atoms with Crippen molar-refractivity contribution in [2.75, 3.05) is 13.1 Å². The first kappa shape index (κ1) is 20.6. The van der Waals surface area contributed by atoms with E-state index in [1.807, 2.05) is 10.8 Å². The largest absolute Gasteiger partial charge is 0.379 e.